The van der Waals surface area contributed by atoms with Gasteiger partial charge in [0.05, 0.1) is 22.6 Å². The molecule has 3 aliphatic rings. The van der Waals surface area contributed by atoms with Crippen molar-refractivity contribution in [3.05, 3.63) is 90.3 Å². The predicted octanol–water partition coefficient (Wildman–Crippen LogP) is 5.50. The second-order valence-electron chi connectivity index (χ2n) is 14.6. The first-order chi connectivity index (χ1) is 27.7. The van der Waals surface area contributed by atoms with Gasteiger partial charge >= 0.3 is 0 Å². The number of rotatable bonds is 13. The van der Waals surface area contributed by atoms with Crippen LogP contribution >= 0.6 is 0 Å². The van der Waals surface area contributed by atoms with Gasteiger partial charge in [0.1, 0.15) is 35.4 Å². The molecule has 0 spiro atoms. The Bertz CT molecular complexity index is 2350. The van der Waals surface area contributed by atoms with Gasteiger partial charge in [0.2, 0.25) is 17.7 Å². The summed E-state index contributed by atoms with van der Waals surface area (Å²) in [5, 5.41) is 11.2. The standard InChI is InChI=1S/C42H43N9O6/c43-38-36-37(26-13-16-30(17-14-26)57-29-10-4-3-5-11-29)48-51(39(36)46-25-45-38)28-9-8-22-49(24-28)35(53)12-6-1-2-7-21-44-27-15-18-31-32(23-27)42(56)50(41(31)55)33-19-20-34(52)47-40(33)54/h3-5,10-11,13-18,23,25,28,33,44H,1-2,6-9,12,19-22,24H2,(H2,43,45,46)(H,47,52,54). The Kier molecular flexibility index (Phi) is 10.6. The first-order valence-corrected chi connectivity index (χ1v) is 19.4. The van der Waals surface area contributed by atoms with Crippen LogP contribution in [0.3, 0.4) is 0 Å². The van der Waals surface area contributed by atoms with Crippen molar-refractivity contribution in [1.29, 1.82) is 0 Å². The molecular weight excluding hydrogens is 727 g/mol. The molecule has 15 heteroatoms. The topological polar surface area (TPSA) is 195 Å². The number of carbonyl (C=O) groups is 5. The molecule has 3 aromatic carbocycles. The fourth-order valence-electron chi connectivity index (χ4n) is 7.87. The summed E-state index contributed by atoms with van der Waals surface area (Å²) in [5.41, 5.74) is 9.77. The molecule has 4 N–H and O–H groups in total. The van der Waals surface area contributed by atoms with E-state index in [0.717, 1.165) is 54.7 Å². The van der Waals surface area contributed by atoms with E-state index < -0.39 is 29.7 Å². The van der Waals surface area contributed by atoms with Gasteiger partial charge in [-0.1, -0.05) is 31.0 Å². The zero-order chi connectivity index (χ0) is 39.5. The number of amides is 5. The number of anilines is 2. The van der Waals surface area contributed by atoms with Crippen molar-refractivity contribution in [3.63, 3.8) is 0 Å². The van der Waals surface area contributed by atoms with Crippen molar-refractivity contribution in [2.45, 2.75) is 69.9 Å². The number of piperidine rings is 2. The number of hydrogen-bond donors (Lipinski definition) is 3. The van der Waals surface area contributed by atoms with Gasteiger partial charge < -0.3 is 20.7 Å². The molecule has 8 rings (SSSR count). The van der Waals surface area contributed by atoms with E-state index in [1.54, 1.807) is 18.2 Å². The summed E-state index contributed by atoms with van der Waals surface area (Å²) < 4.78 is 7.88. The minimum absolute atomic E-state index is 0.0619. The summed E-state index contributed by atoms with van der Waals surface area (Å²) in [5.74, 6) is -0.172. The number of ether oxygens (including phenoxy) is 1. The van der Waals surface area contributed by atoms with E-state index in [2.05, 4.69) is 20.6 Å². The van der Waals surface area contributed by atoms with Crippen molar-refractivity contribution in [3.8, 4) is 22.8 Å². The maximum atomic E-state index is 13.4. The van der Waals surface area contributed by atoms with E-state index in [0.29, 0.717) is 60.0 Å². The van der Waals surface area contributed by atoms with E-state index in [1.807, 2.05) is 64.2 Å². The molecule has 2 aromatic heterocycles. The van der Waals surface area contributed by atoms with Gasteiger partial charge in [-0.2, -0.15) is 5.10 Å². The Hall–Kier alpha value is -6.64. The van der Waals surface area contributed by atoms with E-state index in [9.17, 15) is 24.0 Å². The molecule has 292 valence electrons. The fourth-order valence-corrected chi connectivity index (χ4v) is 7.87. The normalized spacial score (nSPS) is 18.2. The van der Waals surface area contributed by atoms with Crippen molar-refractivity contribution < 1.29 is 28.7 Å². The lowest BCUT2D eigenvalue weighted by atomic mass is 10.0. The Morgan fingerprint density at radius 2 is 1.65 bits per heavy atom. The third-order valence-electron chi connectivity index (χ3n) is 10.8. The van der Waals surface area contributed by atoms with Crippen LogP contribution in [-0.4, -0.2) is 84.8 Å². The predicted molar refractivity (Wildman–Crippen MR) is 211 cm³/mol. The number of para-hydroxylation sites is 1. The SMILES string of the molecule is Nc1ncnc2c1c(-c1ccc(Oc3ccccc3)cc1)nn2C1CCCN(C(=O)CCCCCCNc2ccc3c(c2)C(=O)N(C2CCC(=O)NC2=O)C3=O)C1. The van der Waals surface area contributed by atoms with Crippen molar-refractivity contribution in [2.75, 3.05) is 30.7 Å². The fraction of sp³-hybridized carbons (Fsp3) is 0.333. The third-order valence-corrected chi connectivity index (χ3v) is 10.8. The first kappa shape index (κ1) is 37.3. The number of unbranched alkanes of at least 4 members (excludes halogenated alkanes) is 3. The van der Waals surface area contributed by atoms with Crippen LogP contribution in [0.15, 0.2) is 79.1 Å². The number of fused-ring (bicyclic) bond motifs is 2. The van der Waals surface area contributed by atoms with Gasteiger partial charge in [0.25, 0.3) is 11.8 Å². The van der Waals surface area contributed by atoms with Crippen LogP contribution in [0.1, 0.15) is 84.5 Å². The Labute approximate surface area is 328 Å². The second-order valence-corrected chi connectivity index (χ2v) is 14.6. The van der Waals surface area contributed by atoms with Gasteiger partial charge in [-0.3, -0.25) is 34.2 Å². The molecule has 2 saturated heterocycles. The number of hydrogen-bond acceptors (Lipinski definition) is 11. The van der Waals surface area contributed by atoms with Gasteiger partial charge in [-0.15, -0.1) is 0 Å². The molecule has 57 heavy (non-hydrogen) atoms. The largest absolute Gasteiger partial charge is 0.457 e. The van der Waals surface area contributed by atoms with Gasteiger partial charge in [0.15, 0.2) is 5.65 Å². The molecule has 2 fully saturated rings. The Morgan fingerprint density at radius 3 is 2.46 bits per heavy atom. The lowest BCUT2D eigenvalue weighted by molar-refractivity contribution is -0.136. The summed E-state index contributed by atoms with van der Waals surface area (Å²) >= 11 is 0. The summed E-state index contributed by atoms with van der Waals surface area (Å²) in [6.45, 7) is 1.89. The van der Waals surface area contributed by atoms with Crippen LogP contribution in [0.5, 0.6) is 11.5 Å². The van der Waals surface area contributed by atoms with Crippen LogP contribution in [0.25, 0.3) is 22.3 Å². The van der Waals surface area contributed by atoms with Crippen molar-refractivity contribution >= 4 is 52.1 Å². The molecule has 0 radical (unpaired) electrons. The average molecular weight is 770 g/mol. The summed E-state index contributed by atoms with van der Waals surface area (Å²) in [6.07, 6.45) is 7.24. The molecular formula is C42H43N9O6. The van der Waals surface area contributed by atoms with E-state index >= 15 is 0 Å². The lowest BCUT2D eigenvalue weighted by Gasteiger charge is -2.33. The number of benzene rings is 3. The molecule has 2 atom stereocenters. The summed E-state index contributed by atoms with van der Waals surface area (Å²) in [4.78, 5) is 75.1. The summed E-state index contributed by atoms with van der Waals surface area (Å²) in [6, 6.07) is 21.2. The number of imide groups is 2. The highest BCUT2D eigenvalue weighted by atomic mass is 16.5. The zero-order valence-electron chi connectivity index (χ0n) is 31.4. The number of nitrogens with zero attached hydrogens (tertiary/aromatic N) is 6. The summed E-state index contributed by atoms with van der Waals surface area (Å²) in [7, 11) is 0. The molecule has 0 bridgehead atoms. The average Bonchev–Trinajstić information content (AvgIpc) is 3.73. The highest BCUT2D eigenvalue weighted by Gasteiger charge is 2.44. The number of nitrogens with one attached hydrogen (secondary N) is 2. The smallest absolute Gasteiger partial charge is 0.262 e. The number of carbonyl (C=O) groups excluding carboxylic acids is 5. The van der Waals surface area contributed by atoms with Crippen molar-refractivity contribution in [2.24, 2.45) is 0 Å². The zero-order valence-corrected chi connectivity index (χ0v) is 31.4. The maximum Gasteiger partial charge on any atom is 0.262 e. The molecule has 3 aliphatic heterocycles. The molecule has 15 nitrogen and oxygen atoms in total. The number of likely N-dealkylation sites (tertiary alicyclic amines) is 1. The Morgan fingerprint density at radius 1 is 0.877 bits per heavy atom. The van der Waals surface area contributed by atoms with Crippen LogP contribution in [0.4, 0.5) is 11.5 Å². The first-order valence-electron chi connectivity index (χ1n) is 19.4. The minimum Gasteiger partial charge on any atom is -0.457 e. The molecule has 5 amide bonds. The highest BCUT2D eigenvalue weighted by Crippen LogP contribution is 2.35. The van der Waals surface area contributed by atoms with E-state index in [4.69, 9.17) is 15.6 Å². The monoisotopic (exact) mass is 769 g/mol. The van der Waals surface area contributed by atoms with Crippen molar-refractivity contribution in [1.82, 2.24) is 34.9 Å². The minimum atomic E-state index is -0.994. The number of nitrogens with two attached hydrogens (primary N) is 1. The second kappa shape index (κ2) is 16.2. The van der Waals surface area contributed by atoms with Gasteiger partial charge in [-0.05, 0) is 86.7 Å². The van der Waals surface area contributed by atoms with E-state index in [1.165, 1.54) is 6.33 Å². The quantitative estimate of drug-likeness (QED) is 0.101. The highest BCUT2D eigenvalue weighted by molar-refractivity contribution is 6.23. The van der Waals surface area contributed by atoms with Crippen LogP contribution in [0, 0.1) is 0 Å². The van der Waals surface area contributed by atoms with E-state index in [-0.39, 0.29) is 35.9 Å². The maximum absolute atomic E-state index is 13.4. The molecule has 0 aliphatic carbocycles. The van der Waals surface area contributed by atoms with Gasteiger partial charge in [-0.25, -0.2) is 14.6 Å². The number of nitrogen functional groups attached to an aromatic ring is 1. The Balaban J connectivity index is 0.813. The van der Waals surface area contributed by atoms with Crippen LogP contribution in [-0.2, 0) is 14.4 Å². The van der Waals surface area contributed by atoms with Crippen LogP contribution < -0.4 is 21.1 Å². The molecule has 5 heterocycles. The van der Waals surface area contributed by atoms with Gasteiger partial charge in [0, 0.05) is 43.7 Å². The van der Waals surface area contributed by atoms with Crippen LogP contribution in [0.2, 0.25) is 0 Å². The number of aromatic nitrogens is 4. The molecule has 2 unspecified atom stereocenters. The molecule has 0 saturated carbocycles. The molecule has 5 aromatic rings. The third kappa shape index (κ3) is 7.77. The lowest BCUT2D eigenvalue weighted by Crippen LogP contribution is -2.54.